The van der Waals surface area contributed by atoms with Crippen molar-refractivity contribution in [3.8, 4) is 16.2 Å². The smallest absolute Gasteiger partial charge is 0.253 e. The van der Waals surface area contributed by atoms with Gasteiger partial charge in [0.2, 0.25) is 23.4 Å². The number of carbonyl (C=O) groups excluding carboxylic acids is 4. The van der Waals surface area contributed by atoms with Crippen molar-refractivity contribution in [3.63, 3.8) is 0 Å². The number of amides is 4. The molecular formula is C57H75ClN10O6S. The number of rotatable bonds is 16. The molecular weight excluding hydrogens is 988 g/mol. The Morgan fingerprint density at radius 3 is 2.21 bits per heavy atom. The molecule has 0 bridgehead atoms. The van der Waals surface area contributed by atoms with E-state index >= 15 is 0 Å². The fourth-order valence-corrected chi connectivity index (χ4v) is 12.9. The maximum Gasteiger partial charge on any atom is 0.253 e. The monoisotopic (exact) mass is 1060 g/mol. The molecule has 4 amide bonds. The average Bonchev–Trinajstić information content (AvgIpc) is 4.01. The molecule has 1 aliphatic carbocycles. The van der Waals surface area contributed by atoms with E-state index < -0.39 is 23.6 Å². The number of likely N-dealkylation sites (tertiary alicyclic amines) is 1. The quantitative estimate of drug-likeness (QED) is 0.0802. The standard InChI is InChI=1S/C57H75ClN10O6S/c1-35(38-11-13-39(14-12-38)48-36(2)61-34-75-48)62-51(72)45-29-41(69)32-68(45)52(73)49(55(3,4)5)63-47(70)33-66-27-25-65(26-28-66)22-19-37-20-23-67(24-21-37)46-18-15-40(31-60-46)50(71)64-53-56(6,7)54(57(53,8)9)74-42-16-17-44(59-10)43(58)30-42/h11-18,30-31,34-35,37,41,45,49,53-54,69H,19-29,32-33H2,1-9H3,(H,62,72)(H,63,70)(H,64,71)/t35-,41+,45-,49+,53?,54?/m0/s1. The van der Waals surface area contributed by atoms with Gasteiger partial charge in [-0.05, 0) is 86.4 Å². The zero-order chi connectivity index (χ0) is 54.0. The van der Waals surface area contributed by atoms with Crippen molar-refractivity contribution in [2.75, 3.05) is 63.8 Å². The number of anilines is 1. The minimum absolute atomic E-state index is 0.0177. The number of aromatic nitrogens is 2. The van der Waals surface area contributed by atoms with Crippen molar-refractivity contribution >= 4 is 58.1 Å². The third-order valence-electron chi connectivity index (χ3n) is 16.1. The molecule has 5 heterocycles. The molecule has 2 aromatic carbocycles. The number of piperidine rings is 1. The second kappa shape index (κ2) is 22.9. The lowest BCUT2D eigenvalue weighted by atomic mass is 9.49. The van der Waals surface area contributed by atoms with Gasteiger partial charge in [-0.1, -0.05) is 90.4 Å². The number of halogens is 1. The number of nitrogens with one attached hydrogen (secondary N) is 3. The summed E-state index contributed by atoms with van der Waals surface area (Å²) in [7, 11) is 0. The van der Waals surface area contributed by atoms with Crippen LogP contribution in [0.2, 0.25) is 5.02 Å². The Labute approximate surface area is 451 Å². The molecule has 4 atom stereocenters. The molecule has 2 aromatic heterocycles. The molecule has 8 rings (SSSR count). The first kappa shape index (κ1) is 55.6. The molecule has 18 heteroatoms. The zero-order valence-electron chi connectivity index (χ0n) is 45.0. The maximum absolute atomic E-state index is 14.3. The van der Waals surface area contributed by atoms with Gasteiger partial charge in [0.05, 0.1) is 51.9 Å². The number of aryl methyl sites for hydroxylation is 1. The minimum atomic E-state index is -0.890. The van der Waals surface area contributed by atoms with Crippen molar-refractivity contribution in [1.29, 1.82) is 0 Å². The van der Waals surface area contributed by atoms with Crippen LogP contribution in [0.25, 0.3) is 15.3 Å². The van der Waals surface area contributed by atoms with Gasteiger partial charge >= 0.3 is 0 Å². The molecule has 16 nitrogen and oxygen atoms in total. The molecule has 4 fully saturated rings. The van der Waals surface area contributed by atoms with Gasteiger partial charge in [-0.2, -0.15) is 0 Å². The van der Waals surface area contributed by atoms with E-state index in [4.69, 9.17) is 27.9 Å². The molecule has 4 N–H and O–H groups in total. The van der Waals surface area contributed by atoms with Gasteiger partial charge in [-0.25, -0.2) is 14.8 Å². The molecule has 4 aromatic rings. The van der Waals surface area contributed by atoms with E-state index in [0.717, 1.165) is 92.6 Å². The summed E-state index contributed by atoms with van der Waals surface area (Å²) in [6.07, 6.45) is 3.97. The summed E-state index contributed by atoms with van der Waals surface area (Å²) >= 11 is 7.87. The third-order valence-corrected chi connectivity index (χ3v) is 17.4. The maximum atomic E-state index is 14.3. The number of hydrogen-bond donors (Lipinski definition) is 4. The summed E-state index contributed by atoms with van der Waals surface area (Å²) < 4.78 is 6.40. The summed E-state index contributed by atoms with van der Waals surface area (Å²) in [5.41, 5.74) is 4.28. The normalized spacial score (nSPS) is 22.9. The second-order valence-corrected chi connectivity index (χ2v) is 24.7. The molecule has 402 valence electrons. The lowest BCUT2D eigenvalue weighted by Crippen LogP contribution is -2.74. The number of aliphatic hydroxyl groups is 1. The number of piperazine rings is 1. The Hall–Kier alpha value is -5.64. The summed E-state index contributed by atoms with van der Waals surface area (Å²) in [6, 6.07) is 14.7. The lowest BCUT2D eigenvalue weighted by Gasteiger charge is -2.63. The minimum Gasteiger partial charge on any atom is -0.489 e. The summed E-state index contributed by atoms with van der Waals surface area (Å²) in [5, 5.41) is 20.5. The van der Waals surface area contributed by atoms with Crippen molar-refractivity contribution < 1.29 is 29.0 Å². The van der Waals surface area contributed by atoms with Crippen molar-refractivity contribution in [2.45, 2.75) is 124 Å². The van der Waals surface area contributed by atoms with Crippen LogP contribution < -0.4 is 25.6 Å². The number of benzene rings is 2. The highest BCUT2D eigenvalue weighted by Gasteiger charge is 2.64. The van der Waals surface area contributed by atoms with Crippen LogP contribution in [0.5, 0.6) is 5.75 Å². The highest BCUT2D eigenvalue weighted by Crippen LogP contribution is 2.56. The van der Waals surface area contributed by atoms with Gasteiger partial charge in [0, 0.05) is 75.3 Å². The first-order chi connectivity index (χ1) is 35.5. The number of aliphatic hydroxyl groups excluding tert-OH is 1. The van der Waals surface area contributed by atoms with Crippen LogP contribution in [0.4, 0.5) is 11.5 Å². The molecule has 3 aliphatic heterocycles. The van der Waals surface area contributed by atoms with Gasteiger partial charge in [-0.15, -0.1) is 11.3 Å². The van der Waals surface area contributed by atoms with Crippen molar-refractivity contribution in [3.05, 3.63) is 99.6 Å². The van der Waals surface area contributed by atoms with Crippen LogP contribution in [-0.4, -0.2) is 143 Å². The van der Waals surface area contributed by atoms with Crippen LogP contribution >= 0.6 is 22.9 Å². The molecule has 75 heavy (non-hydrogen) atoms. The Morgan fingerprint density at radius 1 is 0.933 bits per heavy atom. The predicted molar refractivity (Wildman–Crippen MR) is 294 cm³/mol. The lowest BCUT2D eigenvalue weighted by molar-refractivity contribution is -0.164. The number of pyridine rings is 1. The van der Waals surface area contributed by atoms with E-state index in [1.54, 1.807) is 35.7 Å². The molecule has 4 aliphatic rings. The summed E-state index contributed by atoms with van der Waals surface area (Å²) in [5.74, 6) is 0.950. The Bertz CT molecular complexity index is 2710. The van der Waals surface area contributed by atoms with E-state index in [1.807, 2.05) is 76.5 Å². The molecule has 1 saturated carbocycles. The number of ether oxygens (including phenoxy) is 1. The highest BCUT2D eigenvalue weighted by atomic mass is 35.5. The number of hydrogen-bond acceptors (Lipinski definition) is 12. The van der Waals surface area contributed by atoms with E-state index in [2.05, 4.69) is 68.2 Å². The number of thiazole rings is 1. The summed E-state index contributed by atoms with van der Waals surface area (Å²) in [4.78, 5) is 77.2. The van der Waals surface area contributed by atoms with Gasteiger partial charge in [0.15, 0.2) is 0 Å². The third kappa shape index (κ3) is 12.6. The van der Waals surface area contributed by atoms with Gasteiger partial charge < -0.3 is 40.5 Å². The summed E-state index contributed by atoms with van der Waals surface area (Å²) in [6.45, 7) is 31.4. The predicted octanol–water partition coefficient (Wildman–Crippen LogP) is 7.92. The van der Waals surface area contributed by atoms with Crippen LogP contribution in [0, 0.1) is 35.7 Å². The fourth-order valence-electron chi connectivity index (χ4n) is 11.9. The Morgan fingerprint density at radius 2 is 1.61 bits per heavy atom. The first-order valence-corrected chi connectivity index (χ1v) is 27.7. The Balaban J connectivity index is 0.743. The average molecular weight is 1060 g/mol. The van der Waals surface area contributed by atoms with Crippen molar-refractivity contribution in [2.24, 2.45) is 22.2 Å². The van der Waals surface area contributed by atoms with Crippen LogP contribution in [-0.2, 0) is 14.4 Å². The topological polar surface area (TPSA) is 177 Å². The fraction of sp³-hybridized carbons (Fsp3) is 0.561. The molecule has 0 spiro atoms. The number of β-amino-alcohol motifs (C(OH)–C–C–N with tert-alkyl or cyclic N) is 1. The van der Waals surface area contributed by atoms with E-state index in [0.29, 0.717) is 27.9 Å². The highest BCUT2D eigenvalue weighted by molar-refractivity contribution is 7.13. The zero-order valence-corrected chi connectivity index (χ0v) is 46.6. The SMILES string of the molecule is [C-]#[N+]c1ccc(OC2C(C)(C)C(NC(=O)c3ccc(N4CCC(CCN5CCN(CC(=O)N[C@H](C(=O)N6C[C@H](O)C[C@H]6C(=O)N[C@@H](C)c6ccc(-c7scnc7C)cc6)C(C)(C)C)CC5)CC4)nc3)C2(C)C)cc1Cl. The number of nitrogens with zero attached hydrogens (tertiary/aromatic N) is 7. The largest absolute Gasteiger partial charge is 0.489 e. The van der Waals surface area contributed by atoms with Gasteiger partial charge in [0.25, 0.3) is 5.91 Å². The van der Waals surface area contributed by atoms with Crippen LogP contribution in [0.15, 0.2) is 66.3 Å². The van der Waals surface area contributed by atoms with E-state index in [1.165, 1.54) is 4.90 Å². The Kier molecular flexibility index (Phi) is 17.0. The second-order valence-electron chi connectivity index (χ2n) is 23.4. The van der Waals surface area contributed by atoms with Gasteiger partial charge in [0.1, 0.15) is 29.8 Å². The van der Waals surface area contributed by atoms with E-state index in [9.17, 15) is 24.3 Å². The van der Waals surface area contributed by atoms with Crippen molar-refractivity contribution in [1.82, 2.24) is 40.6 Å². The van der Waals surface area contributed by atoms with Gasteiger partial charge in [-0.3, -0.25) is 24.1 Å². The molecule has 0 radical (unpaired) electrons. The van der Waals surface area contributed by atoms with E-state index in [-0.39, 0.29) is 72.2 Å². The molecule has 0 unspecified atom stereocenters. The van der Waals surface area contributed by atoms with Crippen LogP contribution in [0.3, 0.4) is 0 Å². The number of carbonyl (C=O) groups is 4. The molecule has 3 saturated heterocycles. The first-order valence-electron chi connectivity index (χ1n) is 26.4. The van der Waals surface area contributed by atoms with Crippen LogP contribution in [0.1, 0.15) is 109 Å².